The number of aliphatic hydroxyl groups is 1. The molecule has 1 N–H and O–H groups in total. The summed E-state index contributed by atoms with van der Waals surface area (Å²) in [5.41, 5.74) is 2.44. The smallest absolute Gasteiger partial charge is 0.247 e. The highest BCUT2D eigenvalue weighted by Gasteiger charge is 2.14. The number of aliphatic hydroxyl groups excluding tert-OH is 1. The van der Waals surface area contributed by atoms with Crippen LogP contribution in [0.2, 0.25) is 0 Å². The van der Waals surface area contributed by atoms with E-state index in [2.05, 4.69) is 4.98 Å². The van der Waals surface area contributed by atoms with Crippen LogP contribution in [-0.2, 0) is 11.3 Å². The van der Waals surface area contributed by atoms with Gasteiger partial charge in [0.05, 0.1) is 6.10 Å². The number of benzene rings is 2. The first-order valence-corrected chi connectivity index (χ1v) is 8.16. The number of hydrogen-bond acceptors (Lipinski definition) is 4. The molecule has 0 spiro atoms. The quantitative estimate of drug-likeness (QED) is 0.702. The number of fused-ring (bicyclic) bond motifs is 1. The lowest BCUT2D eigenvalue weighted by Crippen LogP contribution is -2.35. The van der Waals surface area contributed by atoms with Crippen LogP contribution in [0.3, 0.4) is 0 Å². The van der Waals surface area contributed by atoms with E-state index in [-0.39, 0.29) is 12.5 Å². The molecule has 0 bridgehead atoms. The first-order chi connectivity index (χ1) is 12.1. The van der Waals surface area contributed by atoms with Gasteiger partial charge in [-0.05, 0) is 24.6 Å². The molecule has 5 heteroatoms. The molecule has 1 amide bonds. The molecule has 1 unspecified atom stereocenters. The van der Waals surface area contributed by atoms with E-state index in [4.69, 9.17) is 4.42 Å². The van der Waals surface area contributed by atoms with Gasteiger partial charge in [-0.3, -0.25) is 4.79 Å². The number of amides is 1. The van der Waals surface area contributed by atoms with Crippen molar-refractivity contribution >= 4 is 23.1 Å². The van der Waals surface area contributed by atoms with Crippen molar-refractivity contribution in [1.82, 2.24) is 9.88 Å². The van der Waals surface area contributed by atoms with Gasteiger partial charge in [-0.15, -0.1) is 0 Å². The molecule has 1 atom stereocenters. The summed E-state index contributed by atoms with van der Waals surface area (Å²) in [6.07, 6.45) is 2.38. The van der Waals surface area contributed by atoms with Crippen LogP contribution in [0.4, 0.5) is 0 Å². The molecule has 1 heterocycles. The van der Waals surface area contributed by atoms with Crippen LogP contribution < -0.4 is 0 Å². The van der Waals surface area contributed by atoms with Crippen LogP contribution in [0.1, 0.15) is 18.4 Å². The third-order valence-electron chi connectivity index (χ3n) is 3.69. The molecule has 0 aliphatic heterocycles. The molecular formula is C20H20N2O3. The molecule has 1 aromatic heterocycles. The lowest BCUT2D eigenvalue weighted by molar-refractivity contribution is -0.127. The number of nitrogens with zero attached hydrogens (tertiary/aromatic N) is 2. The lowest BCUT2D eigenvalue weighted by Gasteiger charge is -2.22. The minimum Gasteiger partial charge on any atom is -0.437 e. The number of rotatable bonds is 6. The average molecular weight is 336 g/mol. The monoisotopic (exact) mass is 336 g/mol. The molecule has 2 aromatic carbocycles. The maximum absolute atomic E-state index is 12.5. The average Bonchev–Trinajstić information content (AvgIpc) is 3.02. The Hall–Kier alpha value is -2.92. The first kappa shape index (κ1) is 16.9. The van der Waals surface area contributed by atoms with Gasteiger partial charge in [0.15, 0.2) is 5.58 Å². The molecule has 128 valence electrons. The Balaban J connectivity index is 1.74. The van der Waals surface area contributed by atoms with E-state index in [1.807, 2.05) is 54.6 Å². The Labute approximate surface area is 146 Å². The molecular weight excluding hydrogens is 316 g/mol. The van der Waals surface area contributed by atoms with Gasteiger partial charge in [-0.25, -0.2) is 4.98 Å². The highest BCUT2D eigenvalue weighted by molar-refractivity contribution is 5.91. The van der Waals surface area contributed by atoms with Crippen LogP contribution in [0.25, 0.3) is 17.2 Å². The molecule has 0 saturated heterocycles. The Morgan fingerprint density at radius 3 is 2.64 bits per heavy atom. The van der Waals surface area contributed by atoms with Gasteiger partial charge < -0.3 is 14.4 Å². The molecule has 3 aromatic rings. The Bertz CT molecular complexity index is 836. The summed E-state index contributed by atoms with van der Waals surface area (Å²) in [6, 6.07) is 17.1. The van der Waals surface area contributed by atoms with Crippen molar-refractivity contribution in [2.75, 3.05) is 6.54 Å². The minimum absolute atomic E-state index is 0.202. The molecule has 0 aliphatic rings. The van der Waals surface area contributed by atoms with E-state index in [1.54, 1.807) is 17.9 Å². The normalized spacial score (nSPS) is 12.6. The van der Waals surface area contributed by atoms with E-state index in [1.165, 1.54) is 6.08 Å². The number of carbonyl (C=O) groups is 1. The van der Waals surface area contributed by atoms with Crippen molar-refractivity contribution in [3.8, 4) is 0 Å². The molecule has 5 nitrogen and oxygen atoms in total. The van der Waals surface area contributed by atoms with Crippen molar-refractivity contribution in [2.45, 2.75) is 19.6 Å². The molecule has 0 saturated carbocycles. The summed E-state index contributed by atoms with van der Waals surface area (Å²) < 4.78 is 5.58. The van der Waals surface area contributed by atoms with Gasteiger partial charge >= 0.3 is 0 Å². The number of hydrogen-bond donors (Lipinski definition) is 1. The zero-order valence-electron chi connectivity index (χ0n) is 14.0. The van der Waals surface area contributed by atoms with Gasteiger partial charge in [0.25, 0.3) is 0 Å². The van der Waals surface area contributed by atoms with Crippen molar-refractivity contribution in [1.29, 1.82) is 0 Å². The maximum Gasteiger partial charge on any atom is 0.247 e. The van der Waals surface area contributed by atoms with Crippen LogP contribution in [-0.4, -0.2) is 33.5 Å². The molecule has 0 fully saturated rings. The van der Waals surface area contributed by atoms with E-state index in [9.17, 15) is 9.90 Å². The molecule has 0 radical (unpaired) electrons. The third-order valence-corrected chi connectivity index (χ3v) is 3.69. The van der Waals surface area contributed by atoms with Crippen molar-refractivity contribution in [2.24, 2.45) is 0 Å². The maximum atomic E-state index is 12.5. The fourth-order valence-electron chi connectivity index (χ4n) is 2.56. The van der Waals surface area contributed by atoms with Crippen molar-refractivity contribution in [3.05, 3.63) is 72.1 Å². The summed E-state index contributed by atoms with van der Waals surface area (Å²) in [5, 5.41) is 9.68. The number of para-hydroxylation sites is 2. The summed E-state index contributed by atoms with van der Waals surface area (Å²) in [4.78, 5) is 18.4. The second-order valence-corrected chi connectivity index (χ2v) is 5.91. The standard InChI is InChI=1S/C20H20N2O3/c1-15(23)13-22(14-16-7-3-2-4-8-16)20(24)12-11-19-21-17-9-5-6-10-18(17)25-19/h2-12,15,23H,13-14H2,1H3. The fraction of sp³-hybridized carbons (Fsp3) is 0.200. The molecule has 3 rings (SSSR count). The topological polar surface area (TPSA) is 66.6 Å². The second-order valence-electron chi connectivity index (χ2n) is 5.91. The van der Waals surface area contributed by atoms with Gasteiger partial charge in [0.1, 0.15) is 5.52 Å². The van der Waals surface area contributed by atoms with E-state index < -0.39 is 6.10 Å². The zero-order valence-corrected chi connectivity index (χ0v) is 14.0. The predicted octanol–water partition coefficient (Wildman–Crippen LogP) is 3.25. The van der Waals surface area contributed by atoms with Gasteiger partial charge in [0, 0.05) is 25.2 Å². The van der Waals surface area contributed by atoms with Crippen molar-refractivity contribution in [3.63, 3.8) is 0 Å². The summed E-state index contributed by atoms with van der Waals surface area (Å²) >= 11 is 0. The lowest BCUT2D eigenvalue weighted by atomic mass is 10.2. The summed E-state index contributed by atoms with van der Waals surface area (Å²) in [7, 11) is 0. The highest BCUT2D eigenvalue weighted by atomic mass is 16.3. The molecule has 0 aliphatic carbocycles. The van der Waals surface area contributed by atoms with Crippen LogP contribution in [0.5, 0.6) is 0 Å². The SMILES string of the molecule is CC(O)CN(Cc1ccccc1)C(=O)C=Cc1nc2ccccc2o1. The van der Waals surface area contributed by atoms with Gasteiger partial charge in [0.2, 0.25) is 11.8 Å². The van der Waals surface area contributed by atoms with E-state index >= 15 is 0 Å². The highest BCUT2D eigenvalue weighted by Crippen LogP contribution is 2.15. The Morgan fingerprint density at radius 1 is 1.20 bits per heavy atom. The van der Waals surface area contributed by atoms with Crippen LogP contribution in [0.15, 0.2) is 65.1 Å². The minimum atomic E-state index is -0.606. The van der Waals surface area contributed by atoms with E-state index in [0.717, 1.165) is 11.1 Å². The predicted molar refractivity (Wildman–Crippen MR) is 96.6 cm³/mol. The van der Waals surface area contributed by atoms with Crippen molar-refractivity contribution < 1.29 is 14.3 Å². The number of oxazole rings is 1. The first-order valence-electron chi connectivity index (χ1n) is 8.16. The van der Waals surface area contributed by atoms with Gasteiger partial charge in [-0.1, -0.05) is 42.5 Å². The number of aromatic nitrogens is 1. The third kappa shape index (κ3) is 4.55. The second kappa shape index (κ2) is 7.77. The summed E-state index contributed by atoms with van der Waals surface area (Å²) in [6.45, 7) is 2.35. The molecule has 25 heavy (non-hydrogen) atoms. The van der Waals surface area contributed by atoms with Crippen LogP contribution in [0, 0.1) is 0 Å². The number of carbonyl (C=O) groups excluding carboxylic acids is 1. The fourth-order valence-corrected chi connectivity index (χ4v) is 2.56. The zero-order chi connectivity index (χ0) is 17.6. The largest absolute Gasteiger partial charge is 0.437 e. The Morgan fingerprint density at radius 2 is 1.92 bits per heavy atom. The van der Waals surface area contributed by atoms with Gasteiger partial charge in [-0.2, -0.15) is 0 Å². The Kier molecular flexibility index (Phi) is 5.26. The van der Waals surface area contributed by atoms with Crippen LogP contribution >= 0.6 is 0 Å². The summed E-state index contributed by atoms with van der Waals surface area (Å²) in [5.74, 6) is 0.179. The van der Waals surface area contributed by atoms with E-state index in [0.29, 0.717) is 18.0 Å².